The van der Waals surface area contributed by atoms with Crippen molar-refractivity contribution in [3.63, 3.8) is 0 Å². The summed E-state index contributed by atoms with van der Waals surface area (Å²) >= 11 is 0. The maximum atomic E-state index is 4.87. The van der Waals surface area contributed by atoms with Gasteiger partial charge in [0, 0.05) is 16.7 Å². The lowest BCUT2D eigenvalue weighted by Gasteiger charge is -2.11. The quantitative estimate of drug-likeness (QED) is 0.259. The molecule has 3 nitrogen and oxygen atoms in total. The molecule has 0 saturated heterocycles. The molecule has 1 heterocycles. The van der Waals surface area contributed by atoms with Crippen LogP contribution in [0, 0.1) is 0 Å². The zero-order valence-corrected chi connectivity index (χ0v) is 20.2. The van der Waals surface area contributed by atoms with Gasteiger partial charge in [-0.25, -0.2) is 15.0 Å². The highest BCUT2D eigenvalue weighted by Crippen LogP contribution is 2.43. The molecule has 1 aliphatic carbocycles. The number of rotatable bonds is 4. The van der Waals surface area contributed by atoms with Gasteiger partial charge in [-0.05, 0) is 39.8 Å². The molecule has 37 heavy (non-hydrogen) atoms. The number of hydrogen-bond donors (Lipinski definition) is 0. The largest absolute Gasteiger partial charge is 0.208 e. The zero-order chi connectivity index (χ0) is 24.6. The molecule has 174 valence electrons. The molecular formula is C34H23N3. The molecule has 0 N–H and O–H groups in total. The molecule has 5 aromatic carbocycles. The van der Waals surface area contributed by atoms with Gasteiger partial charge in [-0.2, -0.15) is 0 Å². The van der Waals surface area contributed by atoms with E-state index in [9.17, 15) is 0 Å². The second-order valence-corrected chi connectivity index (χ2v) is 9.29. The Bertz CT molecular complexity index is 1670. The van der Waals surface area contributed by atoms with Crippen molar-refractivity contribution in [1.29, 1.82) is 0 Å². The molecule has 0 bridgehead atoms. The second-order valence-electron chi connectivity index (χ2n) is 9.29. The Morgan fingerprint density at radius 1 is 0.351 bits per heavy atom. The Hall–Kier alpha value is -4.89. The summed E-state index contributed by atoms with van der Waals surface area (Å²) in [6.07, 6.45) is 0.993. The number of fused-ring (bicyclic) bond motifs is 3. The smallest absolute Gasteiger partial charge is 0.164 e. The van der Waals surface area contributed by atoms with Crippen LogP contribution in [0.25, 0.3) is 56.4 Å². The third-order valence-electron chi connectivity index (χ3n) is 6.97. The van der Waals surface area contributed by atoms with E-state index >= 15 is 0 Å². The monoisotopic (exact) mass is 473 g/mol. The van der Waals surface area contributed by atoms with Crippen LogP contribution >= 0.6 is 0 Å². The average molecular weight is 474 g/mol. The number of aromatic nitrogens is 3. The Labute approximate surface area is 216 Å². The molecule has 6 aromatic rings. The summed E-state index contributed by atoms with van der Waals surface area (Å²) in [5.74, 6) is 2.01. The van der Waals surface area contributed by atoms with Crippen LogP contribution < -0.4 is 0 Å². The van der Waals surface area contributed by atoms with Crippen molar-refractivity contribution in [1.82, 2.24) is 15.0 Å². The fourth-order valence-corrected chi connectivity index (χ4v) is 5.17. The van der Waals surface area contributed by atoms with Crippen LogP contribution in [-0.4, -0.2) is 15.0 Å². The van der Waals surface area contributed by atoms with Gasteiger partial charge < -0.3 is 0 Å². The number of hydrogen-bond acceptors (Lipinski definition) is 3. The van der Waals surface area contributed by atoms with E-state index in [1.165, 1.54) is 33.4 Å². The first-order valence-corrected chi connectivity index (χ1v) is 12.5. The van der Waals surface area contributed by atoms with Crippen LogP contribution in [0.2, 0.25) is 0 Å². The summed E-state index contributed by atoms with van der Waals surface area (Å²) in [6.45, 7) is 0. The maximum absolute atomic E-state index is 4.87. The molecule has 1 aromatic heterocycles. The third-order valence-corrected chi connectivity index (χ3v) is 6.97. The average Bonchev–Trinajstić information content (AvgIpc) is 3.37. The lowest BCUT2D eigenvalue weighted by Crippen LogP contribution is -2.00. The van der Waals surface area contributed by atoms with Gasteiger partial charge >= 0.3 is 0 Å². The van der Waals surface area contributed by atoms with Crippen molar-refractivity contribution in [2.24, 2.45) is 0 Å². The van der Waals surface area contributed by atoms with Gasteiger partial charge in [0.15, 0.2) is 17.5 Å². The van der Waals surface area contributed by atoms with E-state index in [0.29, 0.717) is 17.5 Å². The van der Waals surface area contributed by atoms with Crippen molar-refractivity contribution in [3.8, 4) is 56.4 Å². The topological polar surface area (TPSA) is 38.7 Å². The van der Waals surface area contributed by atoms with Crippen LogP contribution in [0.4, 0.5) is 0 Å². The standard InChI is InChI=1S/C34H23N3/c1-3-10-24(11-4-1)32-35-33(25-12-5-2-6-13-25)37-34(36-32)26-20-18-23(19-21-26)29-17-9-15-28-22-27-14-7-8-16-30(27)31(28)29/h1-21H,22H2. The minimum Gasteiger partial charge on any atom is -0.208 e. The molecule has 0 spiro atoms. The second kappa shape index (κ2) is 8.96. The first-order valence-electron chi connectivity index (χ1n) is 12.5. The van der Waals surface area contributed by atoms with Gasteiger partial charge in [-0.1, -0.05) is 127 Å². The first-order chi connectivity index (χ1) is 18.3. The highest BCUT2D eigenvalue weighted by molar-refractivity contribution is 5.90. The predicted octanol–water partition coefficient (Wildman–Crippen LogP) is 8.11. The third kappa shape index (κ3) is 3.91. The van der Waals surface area contributed by atoms with Gasteiger partial charge in [0.05, 0.1) is 0 Å². The van der Waals surface area contributed by atoms with Crippen LogP contribution in [0.5, 0.6) is 0 Å². The predicted molar refractivity (Wildman–Crippen MR) is 150 cm³/mol. The van der Waals surface area contributed by atoms with Gasteiger partial charge in [-0.15, -0.1) is 0 Å². The Morgan fingerprint density at radius 3 is 1.43 bits per heavy atom. The molecule has 7 rings (SSSR count). The summed E-state index contributed by atoms with van der Waals surface area (Å²) in [7, 11) is 0. The van der Waals surface area contributed by atoms with Crippen LogP contribution in [0.15, 0.2) is 127 Å². The minimum absolute atomic E-state index is 0.669. The van der Waals surface area contributed by atoms with Crippen molar-refractivity contribution in [2.75, 3.05) is 0 Å². The molecule has 1 aliphatic rings. The summed E-state index contributed by atoms with van der Waals surface area (Å²) in [4.78, 5) is 14.5. The van der Waals surface area contributed by atoms with Crippen molar-refractivity contribution in [3.05, 3.63) is 139 Å². The van der Waals surface area contributed by atoms with Gasteiger partial charge in [-0.3, -0.25) is 0 Å². The lowest BCUT2D eigenvalue weighted by molar-refractivity contribution is 1.07. The van der Waals surface area contributed by atoms with Crippen LogP contribution in [0.1, 0.15) is 11.1 Å². The molecule has 0 radical (unpaired) electrons. The van der Waals surface area contributed by atoms with Crippen molar-refractivity contribution in [2.45, 2.75) is 6.42 Å². The molecule has 0 aliphatic heterocycles. The lowest BCUT2D eigenvalue weighted by atomic mass is 9.94. The van der Waals surface area contributed by atoms with Gasteiger partial charge in [0.25, 0.3) is 0 Å². The zero-order valence-electron chi connectivity index (χ0n) is 20.2. The number of nitrogens with zero attached hydrogens (tertiary/aromatic N) is 3. The van der Waals surface area contributed by atoms with Gasteiger partial charge in [0.1, 0.15) is 0 Å². The van der Waals surface area contributed by atoms with E-state index in [1.807, 2.05) is 60.7 Å². The summed E-state index contributed by atoms with van der Waals surface area (Å²) in [5, 5.41) is 0. The summed E-state index contributed by atoms with van der Waals surface area (Å²) < 4.78 is 0. The Kier molecular flexibility index (Phi) is 5.18. The fraction of sp³-hybridized carbons (Fsp3) is 0.0294. The molecule has 0 amide bonds. The minimum atomic E-state index is 0.669. The normalized spacial score (nSPS) is 11.7. The van der Waals surface area contributed by atoms with E-state index in [0.717, 1.165) is 23.1 Å². The van der Waals surface area contributed by atoms with Crippen molar-refractivity contribution >= 4 is 0 Å². The Balaban J connectivity index is 1.32. The molecule has 0 atom stereocenters. The Morgan fingerprint density at radius 2 is 0.811 bits per heavy atom. The maximum Gasteiger partial charge on any atom is 0.164 e. The number of benzene rings is 5. The van der Waals surface area contributed by atoms with Gasteiger partial charge in [0.2, 0.25) is 0 Å². The summed E-state index contributed by atoms with van der Waals surface area (Å²) in [5.41, 5.74) is 10.8. The highest BCUT2D eigenvalue weighted by atomic mass is 15.0. The first kappa shape index (κ1) is 21.4. The van der Waals surface area contributed by atoms with E-state index in [4.69, 9.17) is 15.0 Å². The molecule has 0 fully saturated rings. The molecular weight excluding hydrogens is 450 g/mol. The summed E-state index contributed by atoms with van der Waals surface area (Å²) in [6, 6.07) is 44.1. The van der Waals surface area contributed by atoms with E-state index in [1.54, 1.807) is 0 Å². The van der Waals surface area contributed by atoms with Crippen molar-refractivity contribution < 1.29 is 0 Å². The van der Waals surface area contributed by atoms with E-state index in [2.05, 4.69) is 66.7 Å². The van der Waals surface area contributed by atoms with Crippen LogP contribution in [0.3, 0.4) is 0 Å². The fourth-order valence-electron chi connectivity index (χ4n) is 5.17. The molecule has 3 heteroatoms. The van der Waals surface area contributed by atoms with E-state index in [-0.39, 0.29) is 0 Å². The van der Waals surface area contributed by atoms with Crippen LogP contribution in [-0.2, 0) is 6.42 Å². The SMILES string of the molecule is c1ccc(-c2nc(-c3ccccc3)nc(-c3ccc(-c4cccc5c4-c4ccccc4C5)cc3)n2)cc1. The van der Waals surface area contributed by atoms with E-state index < -0.39 is 0 Å². The highest BCUT2D eigenvalue weighted by Gasteiger charge is 2.21. The molecule has 0 unspecified atom stereocenters. The molecule has 0 saturated carbocycles.